The van der Waals surface area contributed by atoms with Gasteiger partial charge in [-0.1, -0.05) is 41.0 Å². The molecule has 0 aliphatic heterocycles. The van der Waals surface area contributed by atoms with E-state index in [2.05, 4.69) is 19.6 Å². The number of hydrogen-bond acceptors (Lipinski definition) is 7. The van der Waals surface area contributed by atoms with Gasteiger partial charge >= 0.3 is 5.76 Å². The van der Waals surface area contributed by atoms with Gasteiger partial charge in [0.1, 0.15) is 6.04 Å². The molecule has 1 aliphatic carbocycles. The second-order valence-corrected chi connectivity index (χ2v) is 10.7. The molecule has 0 bridgehead atoms. The molecule has 0 radical (unpaired) electrons. The predicted molar refractivity (Wildman–Crippen MR) is 163 cm³/mol. The van der Waals surface area contributed by atoms with E-state index in [1.807, 2.05) is 24.3 Å². The number of rotatable bonds is 9. The molecular weight excluding hydrogens is 579 g/mol. The van der Waals surface area contributed by atoms with Crippen molar-refractivity contribution in [1.29, 1.82) is 0 Å². The summed E-state index contributed by atoms with van der Waals surface area (Å²) in [5.74, 6) is -1.05. The predicted octanol–water partition coefficient (Wildman–Crippen LogP) is 4.36. The Kier molecular flexibility index (Phi) is 10.2. The van der Waals surface area contributed by atoms with E-state index in [4.69, 9.17) is 23.1 Å². The highest BCUT2D eigenvalue weighted by atomic mass is 35.5. The molecule has 2 amide bonds. The summed E-state index contributed by atoms with van der Waals surface area (Å²) in [6, 6.07) is 15.2. The van der Waals surface area contributed by atoms with Crippen LogP contribution < -0.4 is 22.1 Å². The molecule has 1 fully saturated rings. The van der Waals surface area contributed by atoms with Crippen LogP contribution in [-0.2, 0) is 16.0 Å². The summed E-state index contributed by atoms with van der Waals surface area (Å²) in [5.41, 5.74) is 15.4. The molecule has 0 spiro atoms. The van der Waals surface area contributed by atoms with Gasteiger partial charge in [0.2, 0.25) is 11.8 Å². The lowest BCUT2D eigenvalue weighted by Gasteiger charge is -2.35. The van der Waals surface area contributed by atoms with Crippen molar-refractivity contribution in [1.82, 2.24) is 15.1 Å². The van der Waals surface area contributed by atoms with Crippen molar-refractivity contribution in [2.75, 3.05) is 11.4 Å². The summed E-state index contributed by atoms with van der Waals surface area (Å²) in [6.45, 7) is 0.595. The number of primary amides is 1. The molecule has 4 aromatic rings. The molecule has 2 aromatic carbocycles. The molecule has 12 heteroatoms. The van der Waals surface area contributed by atoms with Gasteiger partial charge in [0, 0.05) is 41.5 Å². The number of benzene rings is 2. The van der Waals surface area contributed by atoms with Crippen molar-refractivity contribution in [3.05, 3.63) is 88.1 Å². The van der Waals surface area contributed by atoms with Crippen LogP contribution in [-0.4, -0.2) is 39.5 Å². The van der Waals surface area contributed by atoms with Crippen LogP contribution in [0, 0.1) is 11.8 Å². The number of nitrogens with two attached hydrogens (primary N) is 2. The molecule has 1 atom stereocenters. The summed E-state index contributed by atoms with van der Waals surface area (Å²) in [4.78, 5) is 46.8. The fraction of sp³-hybridized carbons (Fsp3) is 0.300. The molecule has 220 valence electrons. The molecule has 1 aliphatic rings. The van der Waals surface area contributed by atoms with E-state index in [9.17, 15) is 14.4 Å². The maximum Gasteiger partial charge on any atom is 0.439 e. The van der Waals surface area contributed by atoms with E-state index in [1.165, 1.54) is 4.90 Å². The van der Waals surface area contributed by atoms with Crippen LogP contribution in [0.2, 0.25) is 5.02 Å². The third-order valence-corrected chi connectivity index (χ3v) is 8.03. The first-order chi connectivity index (χ1) is 19.8. The van der Waals surface area contributed by atoms with E-state index < -0.39 is 17.7 Å². The van der Waals surface area contributed by atoms with Gasteiger partial charge in [-0.25, -0.2) is 4.79 Å². The third kappa shape index (κ3) is 6.89. The van der Waals surface area contributed by atoms with Gasteiger partial charge in [0.15, 0.2) is 5.82 Å². The molecule has 2 heterocycles. The molecule has 2 aromatic heterocycles. The van der Waals surface area contributed by atoms with Crippen molar-refractivity contribution in [2.45, 2.75) is 38.1 Å². The van der Waals surface area contributed by atoms with Crippen LogP contribution in [0.5, 0.6) is 0 Å². The number of amides is 2. The summed E-state index contributed by atoms with van der Waals surface area (Å²) in [7, 11) is 0. The quantitative estimate of drug-likeness (QED) is 0.253. The van der Waals surface area contributed by atoms with Crippen LogP contribution in [0.15, 0.2) is 76.3 Å². The Morgan fingerprint density at radius 3 is 2.43 bits per heavy atom. The van der Waals surface area contributed by atoms with Gasteiger partial charge in [-0.15, -0.1) is 12.4 Å². The second kappa shape index (κ2) is 13.8. The van der Waals surface area contributed by atoms with Crippen molar-refractivity contribution < 1.29 is 14.1 Å². The lowest BCUT2D eigenvalue weighted by Crippen LogP contribution is -2.52. The van der Waals surface area contributed by atoms with Crippen LogP contribution in [0.3, 0.4) is 0 Å². The van der Waals surface area contributed by atoms with Crippen molar-refractivity contribution in [3.8, 4) is 22.5 Å². The highest BCUT2D eigenvalue weighted by Gasteiger charge is 2.36. The first-order valence-corrected chi connectivity index (χ1v) is 13.9. The monoisotopic (exact) mass is 610 g/mol. The smallest absolute Gasteiger partial charge is 0.368 e. The van der Waals surface area contributed by atoms with Gasteiger partial charge in [0.25, 0.3) is 0 Å². The zero-order chi connectivity index (χ0) is 28.9. The number of H-pyrrole nitrogens is 1. The Labute approximate surface area is 253 Å². The van der Waals surface area contributed by atoms with Gasteiger partial charge < -0.3 is 11.5 Å². The largest absolute Gasteiger partial charge is 0.439 e. The average Bonchev–Trinajstić information content (AvgIpc) is 3.43. The third-order valence-electron chi connectivity index (χ3n) is 7.70. The van der Waals surface area contributed by atoms with E-state index >= 15 is 0 Å². The standard InChI is InChI=1S/C30H31ClN6O4.ClH/c31-25-12-13-34-17-24(25)22-3-1-2-19(14-22)15-26(27(33)38)37(29(39)21-6-4-18(16-32)5-7-21)23-10-8-20(9-11-23)28-35-30(40)41-36-28;/h1-3,8-14,17-18,21,26H,4-7,15-16,32H2,(H2,33,38)(H,35,36,40);1H/t18?,21?,26-;/m0./s1. The van der Waals surface area contributed by atoms with Gasteiger partial charge in [-0.05, 0) is 79.6 Å². The number of pyridine rings is 1. The fourth-order valence-electron chi connectivity index (χ4n) is 5.43. The number of nitrogens with zero attached hydrogens (tertiary/aromatic N) is 3. The SMILES string of the molecule is Cl.NCC1CCC(C(=O)N(c2ccc(-c3noc(=O)[nH]3)cc2)[C@@H](Cc2cccc(-c3cnccc3Cl)c2)C(N)=O)CC1. The lowest BCUT2D eigenvalue weighted by molar-refractivity contribution is -0.127. The Morgan fingerprint density at radius 2 is 1.81 bits per heavy atom. The average molecular weight is 612 g/mol. The van der Waals surface area contributed by atoms with Crippen molar-refractivity contribution >= 4 is 41.5 Å². The number of hydrogen-bond donors (Lipinski definition) is 3. The minimum atomic E-state index is -0.952. The molecule has 10 nitrogen and oxygen atoms in total. The first kappa shape index (κ1) is 31.0. The van der Waals surface area contributed by atoms with Crippen molar-refractivity contribution in [3.63, 3.8) is 0 Å². The van der Waals surface area contributed by atoms with Gasteiger partial charge in [0.05, 0.1) is 5.02 Å². The summed E-state index contributed by atoms with van der Waals surface area (Å²) >= 11 is 6.40. The zero-order valence-corrected chi connectivity index (χ0v) is 24.3. The lowest BCUT2D eigenvalue weighted by atomic mass is 9.81. The zero-order valence-electron chi connectivity index (χ0n) is 22.7. The highest BCUT2D eigenvalue weighted by Crippen LogP contribution is 2.33. The summed E-state index contributed by atoms with van der Waals surface area (Å²) in [6.07, 6.45) is 6.59. The van der Waals surface area contributed by atoms with E-state index in [-0.39, 0.29) is 36.5 Å². The second-order valence-electron chi connectivity index (χ2n) is 10.3. The minimum Gasteiger partial charge on any atom is -0.368 e. The number of anilines is 1. The van der Waals surface area contributed by atoms with Crippen LogP contribution in [0.25, 0.3) is 22.5 Å². The maximum atomic E-state index is 14.1. The highest BCUT2D eigenvalue weighted by molar-refractivity contribution is 6.33. The van der Waals surface area contributed by atoms with E-state index in [0.717, 1.165) is 29.5 Å². The van der Waals surface area contributed by atoms with E-state index in [1.54, 1.807) is 42.7 Å². The molecule has 42 heavy (non-hydrogen) atoms. The number of halogens is 2. The minimum absolute atomic E-state index is 0. The van der Waals surface area contributed by atoms with E-state index in [0.29, 0.717) is 41.6 Å². The maximum absolute atomic E-state index is 14.1. The summed E-state index contributed by atoms with van der Waals surface area (Å²) in [5, 5.41) is 4.28. The number of aromatic nitrogens is 3. The Bertz CT molecular complexity index is 1580. The Morgan fingerprint density at radius 1 is 1.07 bits per heavy atom. The fourth-order valence-corrected chi connectivity index (χ4v) is 5.65. The number of carbonyl (C=O) groups is 2. The van der Waals surface area contributed by atoms with Crippen molar-refractivity contribution in [2.24, 2.45) is 23.3 Å². The Hall–Kier alpha value is -3.99. The molecule has 5 N–H and O–H groups in total. The molecule has 0 unspecified atom stereocenters. The number of nitrogens with one attached hydrogen (secondary N) is 1. The normalized spacial score (nSPS) is 17.2. The number of carbonyl (C=O) groups excluding carboxylic acids is 2. The molecule has 5 rings (SSSR count). The van der Waals surface area contributed by atoms with Crippen LogP contribution in [0.1, 0.15) is 31.2 Å². The Balaban J connectivity index is 0.00000405. The van der Waals surface area contributed by atoms with Crippen LogP contribution >= 0.6 is 24.0 Å². The van der Waals surface area contributed by atoms with Crippen LogP contribution in [0.4, 0.5) is 5.69 Å². The molecular formula is C30H32Cl2N6O4. The summed E-state index contributed by atoms with van der Waals surface area (Å²) < 4.78 is 4.61. The first-order valence-electron chi connectivity index (χ1n) is 13.5. The van der Waals surface area contributed by atoms with Gasteiger partial charge in [-0.2, -0.15) is 0 Å². The number of aromatic amines is 1. The van der Waals surface area contributed by atoms with Gasteiger partial charge in [-0.3, -0.25) is 29.0 Å². The topological polar surface area (TPSA) is 161 Å². The molecule has 1 saturated carbocycles. The molecule has 0 saturated heterocycles.